The average Bonchev–Trinajstić information content (AvgIpc) is 3.15. The van der Waals surface area contributed by atoms with Gasteiger partial charge in [-0.1, -0.05) is 0 Å². The molecule has 14 unspecified atom stereocenters. The normalized spacial score (nSPS) is 29.5. The maximum atomic E-state index is 13.2. The summed E-state index contributed by atoms with van der Waals surface area (Å²) >= 11 is 0. The highest BCUT2D eigenvalue weighted by Gasteiger charge is 2.58. The van der Waals surface area contributed by atoms with Gasteiger partial charge in [-0.2, -0.15) is 0 Å². The second kappa shape index (κ2) is 25.4. The van der Waals surface area contributed by atoms with Crippen LogP contribution in [0.25, 0.3) is 0 Å². The van der Waals surface area contributed by atoms with Gasteiger partial charge in [-0.25, -0.2) is 14.6 Å². The zero-order valence-corrected chi connectivity index (χ0v) is 32.7. The second-order valence-electron chi connectivity index (χ2n) is 14.4. The molecule has 26 nitrogen and oxygen atoms in total. The van der Waals surface area contributed by atoms with Crippen LogP contribution in [0.4, 0.5) is 9.59 Å². The molecule has 0 spiro atoms. The minimum Gasteiger partial charge on any atom is -0.454 e. The van der Waals surface area contributed by atoms with Crippen molar-refractivity contribution in [2.24, 2.45) is 50.9 Å². The predicted molar refractivity (Wildman–Crippen MR) is 204 cm³/mol. The third-order valence-electron chi connectivity index (χ3n) is 9.46. The lowest BCUT2D eigenvalue weighted by atomic mass is 9.84. The molecule has 0 bridgehead atoms. The largest absolute Gasteiger partial charge is 0.454 e. The van der Waals surface area contributed by atoms with Gasteiger partial charge >= 0.3 is 18.2 Å². The third-order valence-corrected chi connectivity index (χ3v) is 9.46. The molecule has 2 rings (SSSR count). The molecule has 23 N–H and O–H groups in total. The highest BCUT2D eigenvalue weighted by molar-refractivity contribution is 5.77. The summed E-state index contributed by atoms with van der Waals surface area (Å²) in [6, 6.07) is -3.15. The molecular formula is C33H63N11O15. The molecule has 2 aliphatic rings. The molecule has 0 aromatic rings. The average molecular weight is 854 g/mol. The molecule has 4 amide bonds. The molecule has 1 heterocycles. The van der Waals surface area contributed by atoms with Crippen molar-refractivity contribution in [1.29, 1.82) is 0 Å². The number of carbonyl (C=O) groups is 5. The molecule has 0 aromatic carbocycles. The smallest absolute Gasteiger partial charge is 0.405 e. The first-order valence-electron chi connectivity index (χ1n) is 19.1. The number of aliphatic imine (C=N–C) groups is 1. The van der Waals surface area contributed by atoms with E-state index in [2.05, 4.69) is 15.6 Å². The lowest BCUT2D eigenvalue weighted by molar-refractivity contribution is -0.324. The van der Waals surface area contributed by atoms with Gasteiger partial charge < -0.3 is 106 Å². The Labute approximate surface area is 339 Å². The molecule has 0 aromatic heterocycles. The Balaban J connectivity index is 1.99. The highest BCUT2D eigenvalue weighted by Crippen LogP contribution is 2.34. The van der Waals surface area contributed by atoms with Crippen LogP contribution < -0.4 is 56.5 Å². The van der Waals surface area contributed by atoms with Crippen molar-refractivity contribution in [2.75, 3.05) is 26.2 Å². The molecule has 0 radical (unpaired) electrons. The Morgan fingerprint density at radius 2 is 1.12 bits per heavy atom. The van der Waals surface area contributed by atoms with Gasteiger partial charge in [0.2, 0.25) is 11.8 Å². The topological polar surface area (TPSA) is 477 Å². The standard InChI is InChI=1S/C33H63N11O15/c34-7-1-4-14(35)10-18(46)42-8-2-5-15(36)11-19(47)43-9-3-6-16(37)12-20(48)56-28-27(58-32(40)53)25(52)24(51)26(29(28)59-33(41)54)57-30-23(50)21(44-31(38)39)22(49)17(13-45)55-30/h14-17,21-30,45,49-52H,1-13,34-37H2,(H2,40,53)(H2,41,54)(H,42,46)(H,43,47)(H4,38,39,44). The Hall–Kier alpha value is -4.22. The summed E-state index contributed by atoms with van der Waals surface area (Å²) in [4.78, 5) is 65.2. The van der Waals surface area contributed by atoms with E-state index in [0.717, 1.165) is 6.42 Å². The number of rotatable bonds is 24. The number of aliphatic hydroxyl groups is 5. The summed E-state index contributed by atoms with van der Waals surface area (Å²) < 4.78 is 26.6. The van der Waals surface area contributed by atoms with Crippen LogP contribution in [0.1, 0.15) is 57.8 Å². The van der Waals surface area contributed by atoms with Crippen LogP contribution in [0.2, 0.25) is 0 Å². The monoisotopic (exact) mass is 853 g/mol. The highest BCUT2D eigenvalue weighted by atomic mass is 16.7. The molecule has 340 valence electrons. The number of nitrogens with zero attached hydrogens (tertiary/aromatic N) is 1. The number of nitrogens with two attached hydrogens (primary N) is 8. The predicted octanol–water partition coefficient (Wildman–Crippen LogP) is -7.29. The fourth-order valence-electron chi connectivity index (χ4n) is 6.55. The number of aliphatic hydroxyl groups excluding tert-OH is 5. The second-order valence-corrected chi connectivity index (χ2v) is 14.4. The van der Waals surface area contributed by atoms with Gasteiger partial charge in [0.25, 0.3) is 0 Å². The molecule has 26 heteroatoms. The van der Waals surface area contributed by atoms with Gasteiger partial charge in [0.15, 0.2) is 30.6 Å². The van der Waals surface area contributed by atoms with Gasteiger partial charge in [0, 0.05) is 44.1 Å². The van der Waals surface area contributed by atoms with Crippen molar-refractivity contribution in [1.82, 2.24) is 10.6 Å². The number of ether oxygens (including phenoxy) is 5. The summed E-state index contributed by atoms with van der Waals surface area (Å²) in [5.41, 5.74) is 44.8. The first-order chi connectivity index (χ1) is 27.8. The number of nitrogens with one attached hydrogen (secondary N) is 2. The van der Waals surface area contributed by atoms with E-state index in [4.69, 9.17) is 69.6 Å². The number of esters is 1. The van der Waals surface area contributed by atoms with E-state index in [1.165, 1.54) is 0 Å². The van der Waals surface area contributed by atoms with Gasteiger partial charge in [-0.15, -0.1) is 0 Å². The number of guanidine groups is 1. The molecule has 1 saturated heterocycles. The van der Waals surface area contributed by atoms with Crippen LogP contribution in [0.15, 0.2) is 4.99 Å². The van der Waals surface area contributed by atoms with E-state index in [-0.39, 0.29) is 43.7 Å². The zero-order chi connectivity index (χ0) is 44.4. The van der Waals surface area contributed by atoms with Crippen molar-refractivity contribution in [3.63, 3.8) is 0 Å². The van der Waals surface area contributed by atoms with Crippen LogP contribution in [0.5, 0.6) is 0 Å². The van der Waals surface area contributed by atoms with Gasteiger partial charge in [-0.3, -0.25) is 14.4 Å². The molecule has 14 atom stereocenters. The summed E-state index contributed by atoms with van der Waals surface area (Å²) in [6.07, 6.45) is -19.6. The molecule has 59 heavy (non-hydrogen) atoms. The van der Waals surface area contributed by atoms with E-state index < -0.39 is 116 Å². The molecule has 1 aliphatic heterocycles. The minimum atomic E-state index is -2.16. The Morgan fingerprint density at radius 1 is 0.644 bits per heavy atom. The Kier molecular flexibility index (Phi) is 21.9. The maximum Gasteiger partial charge on any atom is 0.405 e. The SMILES string of the molecule is NCCCC(N)CC(=O)NCCCC(N)CC(=O)NCCCC(N)CC(=O)OC1C(OC(N)=O)C(O)C(O)C(OC2OC(CO)C(O)C(N=C(N)N)C2O)C1OC(N)=O. The lowest BCUT2D eigenvalue weighted by Gasteiger charge is -2.48. The minimum absolute atomic E-state index is 0.0265. The van der Waals surface area contributed by atoms with Crippen LogP contribution in [0, 0.1) is 0 Å². The summed E-state index contributed by atoms with van der Waals surface area (Å²) in [5.74, 6) is -2.14. The fourth-order valence-corrected chi connectivity index (χ4v) is 6.55. The Morgan fingerprint density at radius 3 is 1.61 bits per heavy atom. The summed E-state index contributed by atoms with van der Waals surface area (Å²) in [7, 11) is 0. The van der Waals surface area contributed by atoms with Crippen molar-refractivity contribution in [2.45, 2.75) is 143 Å². The van der Waals surface area contributed by atoms with Crippen LogP contribution >= 0.6 is 0 Å². The summed E-state index contributed by atoms with van der Waals surface area (Å²) in [6.45, 7) is 0.223. The van der Waals surface area contributed by atoms with Gasteiger partial charge in [0.05, 0.1) is 13.0 Å². The number of hydrogen-bond acceptors (Lipinski definition) is 20. The molecular weight excluding hydrogens is 790 g/mol. The molecule has 2 fully saturated rings. The lowest BCUT2D eigenvalue weighted by Crippen LogP contribution is -2.69. The van der Waals surface area contributed by atoms with E-state index in [0.29, 0.717) is 38.8 Å². The third kappa shape index (κ3) is 17.1. The van der Waals surface area contributed by atoms with Crippen molar-refractivity contribution < 1.29 is 73.2 Å². The van der Waals surface area contributed by atoms with Crippen LogP contribution in [-0.2, 0) is 38.1 Å². The quantitative estimate of drug-likeness (QED) is 0.0141. The van der Waals surface area contributed by atoms with E-state index in [9.17, 15) is 49.5 Å². The summed E-state index contributed by atoms with van der Waals surface area (Å²) in [5, 5.41) is 58.7. The van der Waals surface area contributed by atoms with Crippen LogP contribution in [0.3, 0.4) is 0 Å². The van der Waals surface area contributed by atoms with Crippen molar-refractivity contribution in [3.8, 4) is 0 Å². The van der Waals surface area contributed by atoms with E-state index in [1.54, 1.807) is 0 Å². The van der Waals surface area contributed by atoms with E-state index in [1.807, 2.05) is 0 Å². The molecule has 1 saturated carbocycles. The van der Waals surface area contributed by atoms with Gasteiger partial charge in [-0.05, 0) is 45.1 Å². The zero-order valence-electron chi connectivity index (χ0n) is 32.7. The first kappa shape index (κ1) is 50.9. The van der Waals surface area contributed by atoms with Crippen molar-refractivity contribution >= 4 is 35.9 Å². The number of carbonyl (C=O) groups excluding carboxylic acids is 5. The number of amides is 4. The van der Waals surface area contributed by atoms with Crippen molar-refractivity contribution in [3.05, 3.63) is 0 Å². The van der Waals surface area contributed by atoms with Crippen LogP contribution in [-0.4, -0.2) is 173 Å². The number of primary amides is 2. The molecule has 1 aliphatic carbocycles. The maximum absolute atomic E-state index is 13.2. The number of hydrogen-bond donors (Lipinski definition) is 15. The van der Waals surface area contributed by atoms with Gasteiger partial charge in [0.1, 0.15) is 42.7 Å². The Bertz CT molecular complexity index is 1380. The fraction of sp³-hybridized carbons (Fsp3) is 0.818. The first-order valence-corrected chi connectivity index (χ1v) is 19.1. The van der Waals surface area contributed by atoms with E-state index >= 15 is 0 Å².